The molecule has 0 unspecified atom stereocenters. The van der Waals surface area contributed by atoms with E-state index in [9.17, 15) is 4.79 Å². The molecule has 2 aliphatic rings. The molecule has 0 atom stereocenters. The predicted molar refractivity (Wildman–Crippen MR) is 86.9 cm³/mol. The van der Waals surface area contributed by atoms with Gasteiger partial charge in [-0.05, 0) is 25.7 Å². The zero-order chi connectivity index (χ0) is 15.2. The highest BCUT2D eigenvalue weighted by Gasteiger charge is 2.18. The first kappa shape index (κ1) is 15.3. The summed E-state index contributed by atoms with van der Waals surface area (Å²) < 4.78 is 0. The number of aromatic nitrogens is 2. The predicted octanol–water partition coefficient (Wildman–Crippen LogP) is 3.28. The molecule has 1 aromatic rings. The van der Waals surface area contributed by atoms with Crippen LogP contribution in [-0.2, 0) is 0 Å². The maximum absolute atomic E-state index is 12.2. The van der Waals surface area contributed by atoms with Gasteiger partial charge < -0.3 is 10.6 Å². The summed E-state index contributed by atoms with van der Waals surface area (Å²) in [6.45, 7) is 0. The Bertz CT molecular complexity index is 474. The zero-order valence-electron chi connectivity index (χ0n) is 13.2. The molecule has 2 aliphatic carbocycles. The second kappa shape index (κ2) is 7.56. The fourth-order valence-corrected chi connectivity index (χ4v) is 3.48. The van der Waals surface area contributed by atoms with Crippen LogP contribution in [-0.4, -0.2) is 28.0 Å². The Hall–Kier alpha value is -1.65. The molecule has 0 bridgehead atoms. The minimum absolute atomic E-state index is 0.0909. The van der Waals surface area contributed by atoms with E-state index in [1.165, 1.54) is 51.4 Å². The van der Waals surface area contributed by atoms with E-state index in [-0.39, 0.29) is 5.91 Å². The third kappa shape index (κ3) is 4.18. The third-order valence-corrected chi connectivity index (χ3v) is 4.78. The molecule has 0 saturated heterocycles. The number of nitrogens with one attached hydrogen (secondary N) is 2. The molecule has 2 N–H and O–H groups in total. The van der Waals surface area contributed by atoms with E-state index >= 15 is 0 Å². The molecule has 5 heteroatoms. The van der Waals surface area contributed by atoms with Crippen LogP contribution in [0.5, 0.6) is 0 Å². The van der Waals surface area contributed by atoms with Gasteiger partial charge in [-0.3, -0.25) is 4.79 Å². The van der Waals surface area contributed by atoms with Crippen molar-refractivity contribution in [1.29, 1.82) is 0 Å². The quantitative estimate of drug-likeness (QED) is 0.838. The van der Waals surface area contributed by atoms with E-state index in [1.807, 2.05) is 0 Å². The molecule has 0 aromatic carbocycles. The highest BCUT2D eigenvalue weighted by molar-refractivity contribution is 5.92. The Morgan fingerprint density at radius 1 is 0.864 bits per heavy atom. The van der Waals surface area contributed by atoms with Gasteiger partial charge >= 0.3 is 0 Å². The van der Waals surface area contributed by atoms with Gasteiger partial charge in [0.25, 0.3) is 5.91 Å². The van der Waals surface area contributed by atoms with Crippen molar-refractivity contribution in [1.82, 2.24) is 15.3 Å². The van der Waals surface area contributed by atoms with Gasteiger partial charge in [0.1, 0.15) is 11.5 Å². The van der Waals surface area contributed by atoms with Crippen molar-refractivity contribution in [2.24, 2.45) is 0 Å². The van der Waals surface area contributed by atoms with Crippen LogP contribution >= 0.6 is 0 Å². The number of rotatable bonds is 4. The Labute approximate surface area is 132 Å². The molecule has 1 aromatic heterocycles. The number of hydrogen-bond donors (Lipinski definition) is 2. The number of carbonyl (C=O) groups excluding carboxylic acids is 1. The first-order chi connectivity index (χ1) is 10.8. The van der Waals surface area contributed by atoms with Crippen LogP contribution < -0.4 is 10.6 Å². The van der Waals surface area contributed by atoms with Gasteiger partial charge in [-0.1, -0.05) is 38.5 Å². The van der Waals surface area contributed by atoms with Crippen molar-refractivity contribution in [3.63, 3.8) is 0 Å². The van der Waals surface area contributed by atoms with Crippen molar-refractivity contribution in [2.45, 2.75) is 76.3 Å². The van der Waals surface area contributed by atoms with Crippen LogP contribution in [0.4, 0.5) is 5.82 Å². The molecule has 0 aliphatic heterocycles. The molecule has 22 heavy (non-hydrogen) atoms. The molecule has 2 saturated carbocycles. The third-order valence-electron chi connectivity index (χ3n) is 4.78. The monoisotopic (exact) mass is 302 g/mol. The fraction of sp³-hybridized carbons (Fsp3) is 0.706. The Balaban J connectivity index is 1.53. The minimum Gasteiger partial charge on any atom is -0.366 e. The average molecular weight is 302 g/mol. The number of carbonyl (C=O) groups is 1. The summed E-state index contributed by atoms with van der Waals surface area (Å²) >= 11 is 0. The standard InChI is InChI=1S/C17H26N4O/c22-17(21-14-7-3-1-2-4-8-14)15-11-19-16(12-18-15)20-13-9-5-6-10-13/h11-14H,1-10H2,(H,19,20)(H,21,22). The average Bonchev–Trinajstić information content (AvgIpc) is 2.91. The molecular weight excluding hydrogens is 276 g/mol. The van der Waals surface area contributed by atoms with E-state index in [2.05, 4.69) is 20.6 Å². The first-order valence-corrected chi connectivity index (χ1v) is 8.71. The Kier molecular flexibility index (Phi) is 5.24. The number of amides is 1. The van der Waals surface area contributed by atoms with E-state index in [0.29, 0.717) is 17.8 Å². The van der Waals surface area contributed by atoms with Crippen molar-refractivity contribution < 1.29 is 4.79 Å². The summed E-state index contributed by atoms with van der Waals surface area (Å²) in [5.74, 6) is 0.685. The van der Waals surface area contributed by atoms with Crippen molar-refractivity contribution in [2.75, 3.05) is 5.32 Å². The minimum atomic E-state index is -0.0909. The number of nitrogens with zero attached hydrogens (tertiary/aromatic N) is 2. The summed E-state index contributed by atoms with van der Waals surface area (Å²) in [6, 6.07) is 0.813. The summed E-state index contributed by atoms with van der Waals surface area (Å²) in [4.78, 5) is 20.9. The van der Waals surface area contributed by atoms with Gasteiger partial charge in [-0.2, -0.15) is 0 Å². The fourth-order valence-electron chi connectivity index (χ4n) is 3.48. The molecule has 1 heterocycles. The topological polar surface area (TPSA) is 66.9 Å². The van der Waals surface area contributed by atoms with E-state index < -0.39 is 0 Å². The van der Waals surface area contributed by atoms with Crippen molar-refractivity contribution in [3.8, 4) is 0 Å². The maximum atomic E-state index is 12.2. The molecule has 2 fully saturated rings. The van der Waals surface area contributed by atoms with Gasteiger partial charge in [-0.25, -0.2) is 9.97 Å². The number of hydrogen-bond acceptors (Lipinski definition) is 4. The van der Waals surface area contributed by atoms with Crippen LogP contribution in [0.25, 0.3) is 0 Å². The van der Waals surface area contributed by atoms with E-state index in [1.54, 1.807) is 12.4 Å². The summed E-state index contributed by atoms with van der Waals surface area (Å²) in [5, 5.41) is 6.50. The van der Waals surface area contributed by atoms with Gasteiger partial charge in [0.2, 0.25) is 0 Å². The summed E-state index contributed by atoms with van der Waals surface area (Å²) in [5.41, 5.74) is 0.418. The van der Waals surface area contributed by atoms with E-state index in [0.717, 1.165) is 18.7 Å². The molecule has 0 spiro atoms. The highest BCUT2D eigenvalue weighted by Crippen LogP contribution is 2.21. The molecule has 120 valence electrons. The van der Waals surface area contributed by atoms with Gasteiger partial charge in [0.15, 0.2) is 0 Å². The molecule has 1 amide bonds. The molecule has 3 rings (SSSR count). The smallest absolute Gasteiger partial charge is 0.271 e. The van der Waals surface area contributed by atoms with Gasteiger partial charge in [0, 0.05) is 12.1 Å². The Morgan fingerprint density at radius 3 is 2.14 bits per heavy atom. The molecule has 0 radical (unpaired) electrons. The van der Waals surface area contributed by atoms with Crippen LogP contribution in [0.15, 0.2) is 12.4 Å². The van der Waals surface area contributed by atoms with Gasteiger partial charge in [-0.15, -0.1) is 0 Å². The van der Waals surface area contributed by atoms with Crippen LogP contribution in [0, 0.1) is 0 Å². The lowest BCUT2D eigenvalue weighted by Crippen LogP contribution is -2.35. The molecular formula is C17H26N4O. The second-order valence-corrected chi connectivity index (χ2v) is 6.57. The number of anilines is 1. The largest absolute Gasteiger partial charge is 0.366 e. The van der Waals surface area contributed by atoms with E-state index in [4.69, 9.17) is 0 Å². The van der Waals surface area contributed by atoms with Crippen LogP contribution in [0.2, 0.25) is 0 Å². The lowest BCUT2D eigenvalue weighted by molar-refractivity contribution is 0.0928. The maximum Gasteiger partial charge on any atom is 0.271 e. The first-order valence-electron chi connectivity index (χ1n) is 8.71. The lowest BCUT2D eigenvalue weighted by Gasteiger charge is -2.16. The summed E-state index contributed by atoms with van der Waals surface area (Å²) in [6.07, 6.45) is 15.4. The molecule has 5 nitrogen and oxygen atoms in total. The Morgan fingerprint density at radius 2 is 1.50 bits per heavy atom. The van der Waals surface area contributed by atoms with Crippen LogP contribution in [0.3, 0.4) is 0 Å². The second-order valence-electron chi connectivity index (χ2n) is 6.57. The summed E-state index contributed by atoms with van der Waals surface area (Å²) in [7, 11) is 0. The SMILES string of the molecule is O=C(NC1CCCCCC1)c1cnc(NC2CCCC2)cn1. The van der Waals surface area contributed by atoms with Gasteiger partial charge in [0.05, 0.1) is 12.4 Å². The zero-order valence-corrected chi connectivity index (χ0v) is 13.2. The van der Waals surface area contributed by atoms with Crippen molar-refractivity contribution >= 4 is 11.7 Å². The van der Waals surface area contributed by atoms with Crippen LogP contribution in [0.1, 0.15) is 74.7 Å². The van der Waals surface area contributed by atoms with Crippen molar-refractivity contribution in [3.05, 3.63) is 18.1 Å². The normalized spacial score (nSPS) is 20.5. The highest BCUT2D eigenvalue weighted by atomic mass is 16.1. The lowest BCUT2D eigenvalue weighted by atomic mass is 10.1.